The second-order valence-electron chi connectivity index (χ2n) is 5.40. The summed E-state index contributed by atoms with van der Waals surface area (Å²) >= 11 is 5.92. The second-order valence-corrected chi connectivity index (χ2v) is 5.84. The molecular formula is C16H21ClN2O3. The van der Waals surface area contributed by atoms with E-state index >= 15 is 0 Å². The molecule has 2 rings (SSSR count). The quantitative estimate of drug-likeness (QED) is 0.827. The van der Waals surface area contributed by atoms with Gasteiger partial charge in [0, 0.05) is 38.2 Å². The first kappa shape index (κ1) is 16.8. The molecule has 1 aliphatic rings. The first-order valence-corrected chi connectivity index (χ1v) is 7.77. The van der Waals surface area contributed by atoms with Gasteiger partial charge in [0.25, 0.3) is 0 Å². The summed E-state index contributed by atoms with van der Waals surface area (Å²) in [6, 6.07) is 7.58. The molecule has 0 saturated carbocycles. The van der Waals surface area contributed by atoms with E-state index in [2.05, 4.69) is 5.32 Å². The highest BCUT2D eigenvalue weighted by molar-refractivity contribution is 6.30. The molecule has 1 saturated heterocycles. The minimum Gasteiger partial charge on any atom is -0.383 e. The number of amides is 2. The zero-order chi connectivity index (χ0) is 15.9. The van der Waals surface area contributed by atoms with Crippen LogP contribution in [0.2, 0.25) is 5.02 Å². The van der Waals surface area contributed by atoms with Gasteiger partial charge in [-0.15, -0.1) is 0 Å². The standard InChI is InChI=1S/C16H21ClN2O3/c1-22-8-7-19-11-13(10-15(19)20)16(21)18-6-5-12-3-2-4-14(17)9-12/h2-4,9,13H,5-8,10-11H2,1H3,(H,18,21). The Bertz CT molecular complexity index is 536. The molecule has 1 aromatic rings. The average Bonchev–Trinajstić information content (AvgIpc) is 2.86. The van der Waals surface area contributed by atoms with Gasteiger partial charge in [-0.05, 0) is 24.1 Å². The number of carbonyl (C=O) groups excluding carboxylic acids is 2. The summed E-state index contributed by atoms with van der Waals surface area (Å²) in [5.74, 6) is -0.300. The number of hydrogen-bond donors (Lipinski definition) is 1. The summed E-state index contributed by atoms with van der Waals surface area (Å²) in [7, 11) is 1.60. The van der Waals surface area contributed by atoms with E-state index in [1.54, 1.807) is 12.0 Å². The normalized spacial score (nSPS) is 17.8. The zero-order valence-corrected chi connectivity index (χ0v) is 13.4. The lowest BCUT2D eigenvalue weighted by Gasteiger charge is -2.15. The summed E-state index contributed by atoms with van der Waals surface area (Å²) in [5.41, 5.74) is 1.08. The van der Waals surface area contributed by atoms with Crippen LogP contribution in [-0.2, 0) is 20.7 Å². The molecule has 1 fully saturated rings. The van der Waals surface area contributed by atoms with Gasteiger partial charge < -0.3 is 15.0 Å². The van der Waals surface area contributed by atoms with E-state index in [1.807, 2.05) is 24.3 Å². The molecule has 2 amide bonds. The molecular weight excluding hydrogens is 304 g/mol. The molecule has 5 nitrogen and oxygen atoms in total. The summed E-state index contributed by atoms with van der Waals surface area (Å²) < 4.78 is 4.97. The molecule has 0 radical (unpaired) electrons. The van der Waals surface area contributed by atoms with Crippen molar-refractivity contribution in [3.05, 3.63) is 34.9 Å². The van der Waals surface area contributed by atoms with Crippen molar-refractivity contribution in [1.82, 2.24) is 10.2 Å². The van der Waals surface area contributed by atoms with E-state index in [1.165, 1.54) is 0 Å². The number of nitrogens with one attached hydrogen (secondary N) is 1. The van der Waals surface area contributed by atoms with E-state index < -0.39 is 0 Å². The van der Waals surface area contributed by atoms with Crippen molar-refractivity contribution in [2.45, 2.75) is 12.8 Å². The smallest absolute Gasteiger partial charge is 0.225 e. The van der Waals surface area contributed by atoms with Crippen molar-refractivity contribution in [2.24, 2.45) is 5.92 Å². The lowest BCUT2D eigenvalue weighted by molar-refractivity contribution is -0.129. The topological polar surface area (TPSA) is 58.6 Å². The fraction of sp³-hybridized carbons (Fsp3) is 0.500. The molecule has 6 heteroatoms. The van der Waals surface area contributed by atoms with Crippen LogP contribution in [0.25, 0.3) is 0 Å². The number of hydrogen-bond acceptors (Lipinski definition) is 3. The molecule has 22 heavy (non-hydrogen) atoms. The van der Waals surface area contributed by atoms with Crippen molar-refractivity contribution in [1.29, 1.82) is 0 Å². The van der Waals surface area contributed by atoms with Crippen molar-refractivity contribution < 1.29 is 14.3 Å². The van der Waals surface area contributed by atoms with Crippen molar-refractivity contribution in [2.75, 3.05) is 33.4 Å². The number of benzene rings is 1. The largest absolute Gasteiger partial charge is 0.383 e. The minimum atomic E-state index is -0.260. The molecule has 0 aliphatic carbocycles. The van der Waals surface area contributed by atoms with Crippen LogP contribution in [-0.4, -0.2) is 50.1 Å². The highest BCUT2D eigenvalue weighted by Crippen LogP contribution is 2.17. The van der Waals surface area contributed by atoms with Crippen LogP contribution in [0.3, 0.4) is 0 Å². The zero-order valence-electron chi connectivity index (χ0n) is 12.7. The highest BCUT2D eigenvalue weighted by atomic mass is 35.5. The van der Waals surface area contributed by atoms with Crippen LogP contribution in [0.1, 0.15) is 12.0 Å². The number of ether oxygens (including phenoxy) is 1. The van der Waals surface area contributed by atoms with Gasteiger partial charge in [0.1, 0.15) is 0 Å². The molecule has 1 aliphatic heterocycles. The number of rotatable bonds is 7. The van der Waals surface area contributed by atoms with E-state index in [0.29, 0.717) is 31.3 Å². The Labute approximate surface area is 135 Å². The summed E-state index contributed by atoms with van der Waals surface area (Å²) in [6.07, 6.45) is 1.01. The minimum absolute atomic E-state index is 0.0204. The van der Waals surface area contributed by atoms with E-state index in [4.69, 9.17) is 16.3 Å². The Morgan fingerprint density at radius 2 is 2.32 bits per heavy atom. The Kier molecular flexibility index (Phi) is 6.21. The maximum absolute atomic E-state index is 12.1. The predicted octanol–water partition coefficient (Wildman–Crippen LogP) is 1.49. The number of halogens is 1. The van der Waals surface area contributed by atoms with Crippen molar-refractivity contribution in [3.63, 3.8) is 0 Å². The van der Waals surface area contributed by atoms with Crippen molar-refractivity contribution >= 4 is 23.4 Å². The van der Waals surface area contributed by atoms with Gasteiger partial charge in [-0.3, -0.25) is 9.59 Å². The molecule has 1 heterocycles. The monoisotopic (exact) mass is 324 g/mol. The van der Waals surface area contributed by atoms with Gasteiger partial charge in [-0.1, -0.05) is 23.7 Å². The number of likely N-dealkylation sites (tertiary alicyclic amines) is 1. The van der Waals surface area contributed by atoms with Gasteiger partial charge >= 0.3 is 0 Å². The highest BCUT2D eigenvalue weighted by Gasteiger charge is 2.33. The van der Waals surface area contributed by atoms with Crippen LogP contribution in [0.5, 0.6) is 0 Å². The summed E-state index contributed by atoms with van der Waals surface area (Å²) in [6.45, 7) is 2.06. The molecule has 0 spiro atoms. The van der Waals surface area contributed by atoms with E-state index in [-0.39, 0.29) is 24.2 Å². The number of methoxy groups -OCH3 is 1. The third kappa shape index (κ3) is 4.71. The van der Waals surface area contributed by atoms with E-state index in [0.717, 1.165) is 12.0 Å². The van der Waals surface area contributed by atoms with Crippen LogP contribution in [0.15, 0.2) is 24.3 Å². The lowest BCUT2D eigenvalue weighted by Crippen LogP contribution is -2.34. The summed E-state index contributed by atoms with van der Waals surface area (Å²) in [5, 5.41) is 3.59. The molecule has 0 bridgehead atoms. The van der Waals surface area contributed by atoms with Crippen LogP contribution in [0, 0.1) is 5.92 Å². The van der Waals surface area contributed by atoms with Gasteiger partial charge in [0.05, 0.1) is 12.5 Å². The second kappa shape index (κ2) is 8.15. The first-order chi connectivity index (χ1) is 10.6. The average molecular weight is 325 g/mol. The maximum atomic E-state index is 12.1. The van der Waals surface area contributed by atoms with Crippen LogP contribution < -0.4 is 5.32 Å². The molecule has 1 unspecified atom stereocenters. The maximum Gasteiger partial charge on any atom is 0.225 e. The predicted molar refractivity (Wildman–Crippen MR) is 84.7 cm³/mol. The first-order valence-electron chi connectivity index (χ1n) is 7.39. The fourth-order valence-electron chi connectivity index (χ4n) is 2.53. The van der Waals surface area contributed by atoms with Gasteiger partial charge in [0.15, 0.2) is 0 Å². The lowest BCUT2D eigenvalue weighted by atomic mass is 10.1. The molecule has 120 valence electrons. The third-order valence-electron chi connectivity index (χ3n) is 3.75. The Balaban J connectivity index is 1.75. The Morgan fingerprint density at radius 1 is 1.50 bits per heavy atom. The number of carbonyl (C=O) groups is 2. The van der Waals surface area contributed by atoms with Gasteiger partial charge in [0.2, 0.25) is 11.8 Å². The van der Waals surface area contributed by atoms with Crippen LogP contribution in [0.4, 0.5) is 0 Å². The molecule has 1 N–H and O–H groups in total. The summed E-state index contributed by atoms with van der Waals surface area (Å²) in [4.78, 5) is 25.6. The fourth-order valence-corrected chi connectivity index (χ4v) is 2.75. The van der Waals surface area contributed by atoms with Gasteiger partial charge in [-0.25, -0.2) is 0 Å². The van der Waals surface area contributed by atoms with Crippen molar-refractivity contribution in [3.8, 4) is 0 Å². The van der Waals surface area contributed by atoms with E-state index in [9.17, 15) is 9.59 Å². The number of nitrogens with zero attached hydrogens (tertiary/aromatic N) is 1. The molecule has 1 aromatic carbocycles. The third-order valence-corrected chi connectivity index (χ3v) is 3.99. The SMILES string of the molecule is COCCN1CC(C(=O)NCCc2cccc(Cl)c2)CC1=O. The Morgan fingerprint density at radius 3 is 3.05 bits per heavy atom. The molecule has 1 atom stereocenters. The molecule has 0 aromatic heterocycles. The van der Waals surface area contributed by atoms with Crippen LogP contribution >= 0.6 is 11.6 Å². The van der Waals surface area contributed by atoms with Gasteiger partial charge in [-0.2, -0.15) is 0 Å². The Hall–Kier alpha value is -1.59.